The number of rotatable bonds is 5. The number of benzene rings is 1. The first-order valence-corrected chi connectivity index (χ1v) is 6.61. The van der Waals surface area contributed by atoms with Gasteiger partial charge in [-0.25, -0.2) is 4.98 Å². The molecule has 0 saturated carbocycles. The number of nitrogens with zero attached hydrogens (tertiary/aromatic N) is 2. The Kier molecular flexibility index (Phi) is 4.69. The molecule has 4 nitrogen and oxygen atoms in total. The smallest absolute Gasteiger partial charge is 0.207 e. The zero-order chi connectivity index (χ0) is 13.8. The number of hydrogen-bond acceptors (Lipinski definition) is 3. The number of ether oxygens (including phenoxy) is 1. The maximum absolute atomic E-state index is 6.21. The Labute approximate surface area is 122 Å². The number of anilines is 1. The van der Waals surface area contributed by atoms with E-state index < -0.39 is 0 Å². The fourth-order valence-corrected chi connectivity index (χ4v) is 2.29. The average molecular weight is 300 g/mol. The summed E-state index contributed by atoms with van der Waals surface area (Å²) >= 11 is 12.1. The molecule has 1 unspecified atom stereocenters. The molecule has 1 atom stereocenters. The van der Waals surface area contributed by atoms with E-state index in [4.69, 9.17) is 27.9 Å². The number of nitrogens with one attached hydrogen (secondary N) is 1. The topological polar surface area (TPSA) is 39.1 Å². The molecule has 0 spiro atoms. The predicted molar refractivity (Wildman–Crippen MR) is 78.5 cm³/mol. The summed E-state index contributed by atoms with van der Waals surface area (Å²) < 4.78 is 6.97. The van der Waals surface area contributed by atoms with Crippen molar-refractivity contribution in [1.82, 2.24) is 9.55 Å². The summed E-state index contributed by atoms with van der Waals surface area (Å²) in [5.74, 6) is 0.716. The lowest BCUT2D eigenvalue weighted by Gasteiger charge is -2.16. The van der Waals surface area contributed by atoms with Crippen molar-refractivity contribution < 1.29 is 4.74 Å². The molecule has 1 N–H and O–H groups in total. The van der Waals surface area contributed by atoms with Crippen LogP contribution in [0.5, 0.6) is 0 Å². The molecular weight excluding hydrogens is 285 g/mol. The molecule has 0 saturated heterocycles. The highest BCUT2D eigenvalue weighted by molar-refractivity contribution is 6.35. The van der Waals surface area contributed by atoms with Crippen molar-refractivity contribution in [3.05, 3.63) is 40.6 Å². The molecule has 6 heteroatoms. The van der Waals surface area contributed by atoms with Crippen molar-refractivity contribution in [2.75, 3.05) is 19.0 Å². The van der Waals surface area contributed by atoms with Crippen molar-refractivity contribution >= 4 is 29.2 Å². The molecular formula is C13H15Cl2N3O. The van der Waals surface area contributed by atoms with Crippen molar-refractivity contribution in [3.63, 3.8) is 0 Å². The molecule has 0 aliphatic carbocycles. The number of aromatic nitrogens is 2. The Morgan fingerprint density at radius 1 is 1.42 bits per heavy atom. The molecule has 2 rings (SSSR count). The van der Waals surface area contributed by atoms with Crippen LogP contribution >= 0.6 is 23.2 Å². The number of hydrogen-bond donors (Lipinski definition) is 1. The number of methoxy groups -OCH3 is 1. The Balaban J connectivity index is 2.28. The van der Waals surface area contributed by atoms with Crippen LogP contribution in [0.3, 0.4) is 0 Å². The van der Waals surface area contributed by atoms with Gasteiger partial charge in [0, 0.05) is 30.6 Å². The van der Waals surface area contributed by atoms with E-state index in [0.717, 1.165) is 5.69 Å². The highest BCUT2D eigenvalue weighted by Gasteiger charge is 2.11. The second kappa shape index (κ2) is 6.28. The molecule has 19 heavy (non-hydrogen) atoms. The summed E-state index contributed by atoms with van der Waals surface area (Å²) in [6.45, 7) is 2.62. The Morgan fingerprint density at radius 3 is 2.89 bits per heavy atom. The Morgan fingerprint density at radius 2 is 2.21 bits per heavy atom. The zero-order valence-electron chi connectivity index (χ0n) is 10.7. The lowest BCUT2D eigenvalue weighted by atomic mass is 10.3. The molecule has 0 radical (unpaired) electrons. The minimum Gasteiger partial charge on any atom is -0.383 e. The maximum atomic E-state index is 6.21. The van der Waals surface area contributed by atoms with E-state index in [9.17, 15) is 0 Å². The van der Waals surface area contributed by atoms with Gasteiger partial charge >= 0.3 is 0 Å². The van der Waals surface area contributed by atoms with Crippen molar-refractivity contribution in [3.8, 4) is 5.69 Å². The highest BCUT2D eigenvalue weighted by atomic mass is 35.5. The maximum Gasteiger partial charge on any atom is 0.207 e. The minimum atomic E-state index is 0.150. The van der Waals surface area contributed by atoms with Gasteiger partial charge in [-0.2, -0.15) is 0 Å². The first-order chi connectivity index (χ1) is 9.11. The molecule has 102 valence electrons. The van der Waals surface area contributed by atoms with Crippen LogP contribution in [0.15, 0.2) is 30.6 Å². The van der Waals surface area contributed by atoms with Gasteiger partial charge in [0.1, 0.15) is 0 Å². The van der Waals surface area contributed by atoms with Gasteiger partial charge in [0.05, 0.1) is 17.3 Å². The van der Waals surface area contributed by atoms with E-state index in [2.05, 4.69) is 10.3 Å². The molecule has 0 fully saturated rings. The standard InChI is InChI=1S/C13H15Cl2N3O/c1-9(8-19-2)17-13-16-5-6-18(13)12-4-3-10(14)7-11(12)15/h3-7,9H,8H2,1-2H3,(H,16,17). The van der Waals surface area contributed by atoms with Gasteiger partial charge in [0.15, 0.2) is 0 Å². The lowest BCUT2D eigenvalue weighted by Crippen LogP contribution is -2.22. The van der Waals surface area contributed by atoms with E-state index in [-0.39, 0.29) is 6.04 Å². The van der Waals surface area contributed by atoms with Crippen molar-refractivity contribution in [1.29, 1.82) is 0 Å². The van der Waals surface area contributed by atoms with Gasteiger partial charge in [-0.15, -0.1) is 0 Å². The minimum absolute atomic E-state index is 0.150. The van der Waals surface area contributed by atoms with Gasteiger partial charge in [-0.1, -0.05) is 23.2 Å². The fraction of sp³-hybridized carbons (Fsp3) is 0.308. The molecule has 0 aliphatic rings. The third-order valence-corrected chi connectivity index (χ3v) is 3.14. The third-order valence-electron chi connectivity index (χ3n) is 2.60. The van der Waals surface area contributed by atoms with E-state index in [1.165, 1.54) is 0 Å². The van der Waals surface area contributed by atoms with Crippen LogP contribution in [0.25, 0.3) is 5.69 Å². The van der Waals surface area contributed by atoms with Crippen LogP contribution < -0.4 is 5.32 Å². The van der Waals surface area contributed by atoms with Crippen molar-refractivity contribution in [2.24, 2.45) is 0 Å². The highest BCUT2D eigenvalue weighted by Crippen LogP contribution is 2.26. The molecule has 2 aromatic rings. The van der Waals surface area contributed by atoms with Crippen molar-refractivity contribution in [2.45, 2.75) is 13.0 Å². The second-order valence-corrected chi connectivity index (χ2v) is 5.06. The molecule has 0 bridgehead atoms. The summed E-state index contributed by atoms with van der Waals surface area (Å²) in [5, 5.41) is 4.45. The molecule has 1 aromatic heterocycles. The Hall–Kier alpha value is -1.23. The van der Waals surface area contributed by atoms with Gasteiger partial charge in [-0.05, 0) is 25.1 Å². The summed E-state index contributed by atoms with van der Waals surface area (Å²) in [6.07, 6.45) is 3.56. The third kappa shape index (κ3) is 3.41. The van der Waals surface area contributed by atoms with E-state index in [0.29, 0.717) is 22.6 Å². The fourth-order valence-electron chi connectivity index (χ4n) is 1.79. The van der Waals surface area contributed by atoms with Gasteiger partial charge in [0.2, 0.25) is 5.95 Å². The molecule has 1 heterocycles. The molecule has 0 amide bonds. The van der Waals surface area contributed by atoms with E-state index >= 15 is 0 Å². The van der Waals surface area contributed by atoms with Crippen LogP contribution in [-0.4, -0.2) is 29.3 Å². The Bertz CT molecular complexity index is 557. The normalized spacial score (nSPS) is 12.4. The largest absolute Gasteiger partial charge is 0.383 e. The van der Waals surface area contributed by atoms with Crippen LogP contribution in [0.4, 0.5) is 5.95 Å². The monoisotopic (exact) mass is 299 g/mol. The first kappa shape index (κ1) is 14.2. The second-order valence-electron chi connectivity index (χ2n) is 4.22. The lowest BCUT2D eigenvalue weighted by molar-refractivity contribution is 0.190. The number of halogens is 2. The SMILES string of the molecule is COCC(C)Nc1nccn1-c1ccc(Cl)cc1Cl. The van der Waals surface area contributed by atoms with Crippen LogP contribution in [-0.2, 0) is 4.74 Å². The summed E-state index contributed by atoms with van der Waals surface area (Å²) in [6, 6.07) is 5.52. The van der Waals surface area contributed by atoms with Crippen LogP contribution in [0.1, 0.15) is 6.92 Å². The van der Waals surface area contributed by atoms with E-state index in [1.54, 1.807) is 25.4 Å². The van der Waals surface area contributed by atoms with Gasteiger partial charge in [0.25, 0.3) is 0 Å². The molecule has 1 aromatic carbocycles. The summed E-state index contributed by atoms with van der Waals surface area (Å²) in [7, 11) is 1.67. The average Bonchev–Trinajstić information content (AvgIpc) is 2.77. The van der Waals surface area contributed by atoms with Gasteiger partial charge in [-0.3, -0.25) is 4.57 Å². The zero-order valence-corrected chi connectivity index (χ0v) is 12.2. The van der Waals surface area contributed by atoms with Gasteiger partial charge < -0.3 is 10.1 Å². The molecule has 0 aliphatic heterocycles. The van der Waals surface area contributed by atoms with Crippen LogP contribution in [0.2, 0.25) is 10.0 Å². The number of imidazole rings is 1. The first-order valence-electron chi connectivity index (χ1n) is 5.86. The van der Waals surface area contributed by atoms with Crippen LogP contribution in [0, 0.1) is 0 Å². The van der Waals surface area contributed by atoms with E-state index in [1.807, 2.05) is 23.8 Å². The quantitative estimate of drug-likeness (QED) is 0.916. The predicted octanol–water partition coefficient (Wildman–Crippen LogP) is 3.63. The summed E-state index contributed by atoms with van der Waals surface area (Å²) in [5.41, 5.74) is 0.829. The summed E-state index contributed by atoms with van der Waals surface area (Å²) in [4.78, 5) is 4.28.